The molecule has 0 radical (unpaired) electrons. The van der Waals surface area contributed by atoms with Crippen LogP contribution in [-0.2, 0) is 7.05 Å². The summed E-state index contributed by atoms with van der Waals surface area (Å²) in [6, 6.07) is 0. The molecule has 0 N–H and O–H groups in total. The number of hydrogen-bond acceptors (Lipinski definition) is 2. The fourth-order valence-electron chi connectivity index (χ4n) is 0.925. The van der Waals surface area contributed by atoms with E-state index in [1.165, 1.54) is 17.0 Å². The van der Waals surface area contributed by atoms with Crippen molar-refractivity contribution in [2.24, 2.45) is 7.05 Å². The van der Waals surface area contributed by atoms with Crippen molar-refractivity contribution in [3.05, 3.63) is 41.1 Å². The Morgan fingerprint density at radius 3 is 2.67 bits per heavy atom. The highest BCUT2D eigenvalue weighted by atomic mass is 16.1. The highest BCUT2D eigenvalue weighted by Gasteiger charge is 2.02. The number of rotatable bonds is 2. The Balaban J connectivity index is 3.56. The minimum Gasteiger partial charge on any atom is -0.302 e. The maximum atomic E-state index is 11.4. The second kappa shape index (κ2) is 3.17. The second-order valence-electron chi connectivity index (χ2n) is 2.37. The molecule has 0 fully saturated rings. The van der Waals surface area contributed by atoms with Crippen LogP contribution in [0.5, 0.6) is 0 Å². The Hall–Kier alpha value is -1.64. The Morgan fingerprint density at radius 1 is 1.50 bits per heavy atom. The van der Waals surface area contributed by atoms with Gasteiger partial charge in [0.2, 0.25) is 0 Å². The van der Waals surface area contributed by atoms with Crippen LogP contribution in [-0.4, -0.2) is 9.55 Å². The highest BCUT2D eigenvalue weighted by molar-refractivity contribution is 5.59. The molecule has 0 saturated carbocycles. The number of aromatic nitrogens is 2. The van der Waals surface area contributed by atoms with Crippen molar-refractivity contribution >= 4 is 12.2 Å². The maximum absolute atomic E-state index is 11.4. The van der Waals surface area contributed by atoms with Gasteiger partial charge in [-0.1, -0.05) is 19.2 Å². The van der Waals surface area contributed by atoms with Crippen molar-refractivity contribution < 1.29 is 0 Å². The second-order valence-corrected chi connectivity index (χ2v) is 2.37. The van der Waals surface area contributed by atoms with Gasteiger partial charge in [-0.3, -0.25) is 4.79 Å². The monoisotopic (exact) mass is 162 g/mol. The minimum absolute atomic E-state index is 0.102. The topological polar surface area (TPSA) is 34.9 Å². The molecule has 62 valence electrons. The lowest BCUT2D eigenvalue weighted by Crippen LogP contribution is -2.20. The first kappa shape index (κ1) is 8.46. The van der Waals surface area contributed by atoms with E-state index in [2.05, 4.69) is 18.1 Å². The van der Waals surface area contributed by atoms with Gasteiger partial charge in [0.25, 0.3) is 5.56 Å². The molecular weight excluding hydrogens is 152 g/mol. The first-order valence-electron chi connectivity index (χ1n) is 3.51. The van der Waals surface area contributed by atoms with E-state index in [9.17, 15) is 4.79 Å². The predicted octanol–water partition coefficient (Wildman–Crippen LogP) is 1.07. The molecule has 0 aromatic carbocycles. The third kappa shape index (κ3) is 1.21. The number of aryl methyl sites for hydroxylation is 1. The van der Waals surface area contributed by atoms with Gasteiger partial charge in [-0.2, -0.15) is 0 Å². The molecule has 12 heavy (non-hydrogen) atoms. The van der Waals surface area contributed by atoms with Gasteiger partial charge in [-0.15, -0.1) is 0 Å². The maximum Gasteiger partial charge on any atom is 0.260 e. The fourth-order valence-corrected chi connectivity index (χ4v) is 0.925. The van der Waals surface area contributed by atoms with E-state index >= 15 is 0 Å². The van der Waals surface area contributed by atoms with E-state index in [1.807, 2.05) is 0 Å². The van der Waals surface area contributed by atoms with Gasteiger partial charge < -0.3 is 4.57 Å². The number of nitrogens with zero attached hydrogens (tertiary/aromatic N) is 2. The smallest absolute Gasteiger partial charge is 0.260 e. The Labute approximate surface area is 70.7 Å². The van der Waals surface area contributed by atoms with E-state index in [0.717, 1.165) is 0 Å². The highest BCUT2D eigenvalue weighted by Crippen LogP contribution is 2.01. The van der Waals surface area contributed by atoms with Crippen LogP contribution >= 0.6 is 0 Å². The summed E-state index contributed by atoms with van der Waals surface area (Å²) in [7, 11) is 1.65. The molecule has 0 aliphatic rings. The van der Waals surface area contributed by atoms with E-state index in [0.29, 0.717) is 11.3 Å². The zero-order chi connectivity index (χ0) is 9.14. The molecule has 0 saturated heterocycles. The summed E-state index contributed by atoms with van der Waals surface area (Å²) >= 11 is 0. The molecule has 0 aliphatic carbocycles. The van der Waals surface area contributed by atoms with Crippen LogP contribution < -0.4 is 5.56 Å². The van der Waals surface area contributed by atoms with Crippen molar-refractivity contribution in [3.63, 3.8) is 0 Å². The Bertz CT molecular complexity index is 377. The molecule has 1 heterocycles. The predicted molar refractivity (Wildman–Crippen MR) is 49.7 cm³/mol. The molecule has 1 aromatic heterocycles. The van der Waals surface area contributed by atoms with Crippen LogP contribution in [0.4, 0.5) is 0 Å². The van der Waals surface area contributed by atoms with E-state index in [1.54, 1.807) is 13.1 Å². The molecule has 3 heteroatoms. The molecule has 0 atom stereocenters. The Kier molecular flexibility index (Phi) is 2.24. The van der Waals surface area contributed by atoms with Crippen molar-refractivity contribution in [2.45, 2.75) is 0 Å². The van der Waals surface area contributed by atoms with Gasteiger partial charge in [0, 0.05) is 7.05 Å². The quantitative estimate of drug-likeness (QED) is 0.651. The van der Waals surface area contributed by atoms with E-state index in [4.69, 9.17) is 0 Å². The van der Waals surface area contributed by atoms with Gasteiger partial charge in [0.05, 0.1) is 17.6 Å². The summed E-state index contributed by atoms with van der Waals surface area (Å²) in [4.78, 5) is 15.4. The van der Waals surface area contributed by atoms with Gasteiger partial charge in [-0.05, 0) is 6.08 Å². The molecule has 0 spiro atoms. The first-order chi connectivity index (χ1) is 5.70. The number of hydrogen-bond donors (Lipinski definition) is 0. The standard InChI is InChI=1S/C9H10N2O/c1-4-7-8(5-2)10-6-11(3)9(7)12/h4-6H,1-2H2,3H3. The molecule has 1 aromatic rings. The van der Waals surface area contributed by atoms with E-state index < -0.39 is 0 Å². The SMILES string of the molecule is C=Cc1ncn(C)c(=O)c1C=C. The van der Waals surface area contributed by atoms with Gasteiger partial charge in [0.1, 0.15) is 0 Å². The third-order valence-electron chi connectivity index (χ3n) is 1.59. The molecule has 1 rings (SSSR count). The summed E-state index contributed by atoms with van der Waals surface area (Å²) in [6.45, 7) is 7.09. The molecule has 0 bridgehead atoms. The van der Waals surface area contributed by atoms with Gasteiger partial charge >= 0.3 is 0 Å². The molecular formula is C9H10N2O. The van der Waals surface area contributed by atoms with Crippen LogP contribution in [0.25, 0.3) is 12.2 Å². The fraction of sp³-hybridized carbons (Fsp3) is 0.111. The average molecular weight is 162 g/mol. The largest absolute Gasteiger partial charge is 0.302 e. The van der Waals surface area contributed by atoms with Crippen LogP contribution in [0.2, 0.25) is 0 Å². The average Bonchev–Trinajstić information content (AvgIpc) is 2.09. The van der Waals surface area contributed by atoms with Gasteiger partial charge in [0.15, 0.2) is 0 Å². The summed E-state index contributed by atoms with van der Waals surface area (Å²) < 4.78 is 1.41. The summed E-state index contributed by atoms with van der Waals surface area (Å²) in [5, 5.41) is 0. The molecule has 0 unspecified atom stereocenters. The normalized spacial score (nSPS) is 9.42. The molecule has 0 aliphatic heterocycles. The Morgan fingerprint density at radius 2 is 2.17 bits per heavy atom. The molecule has 0 amide bonds. The summed E-state index contributed by atoms with van der Waals surface area (Å²) in [5.74, 6) is 0. The lowest BCUT2D eigenvalue weighted by atomic mass is 10.2. The zero-order valence-corrected chi connectivity index (χ0v) is 6.95. The minimum atomic E-state index is -0.102. The van der Waals surface area contributed by atoms with Gasteiger partial charge in [-0.25, -0.2) is 4.98 Å². The lowest BCUT2D eigenvalue weighted by molar-refractivity contribution is 0.818. The summed E-state index contributed by atoms with van der Waals surface area (Å²) in [5.41, 5.74) is 0.970. The lowest BCUT2D eigenvalue weighted by Gasteiger charge is -2.00. The van der Waals surface area contributed by atoms with Crippen LogP contribution in [0, 0.1) is 0 Å². The van der Waals surface area contributed by atoms with Crippen molar-refractivity contribution in [2.75, 3.05) is 0 Å². The van der Waals surface area contributed by atoms with E-state index in [-0.39, 0.29) is 5.56 Å². The third-order valence-corrected chi connectivity index (χ3v) is 1.59. The van der Waals surface area contributed by atoms with Crippen LogP contribution in [0.15, 0.2) is 24.3 Å². The summed E-state index contributed by atoms with van der Waals surface area (Å²) in [6.07, 6.45) is 4.50. The zero-order valence-electron chi connectivity index (χ0n) is 6.95. The van der Waals surface area contributed by atoms with Crippen LogP contribution in [0.3, 0.4) is 0 Å². The molecule has 3 nitrogen and oxygen atoms in total. The first-order valence-corrected chi connectivity index (χ1v) is 3.51. The van der Waals surface area contributed by atoms with Crippen molar-refractivity contribution in [3.8, 4) is 0 Å². The van der Waals surface area contributed by atoms with Crippen LogP contribution in [0.1, 0.15) is 11.3 Å². The van der Waals surface area contributed by atoms with Crippen molar-refractivity contribution in [1.29, 1.82) is 0 Å². The van der Waals surface area contributed by atoms with Crippen molar-refractivity contribution in [1.82, 2.24) is 9.55 Å².